The van der Waals surface area contributed by atoms with Gasteiger partial charge in [0.2, 0.25) is 5.91 Å². The van der Waals surface area contributed by atoms with Crippen LogP contribution in [0.25, 0.3) is 0 Å². The molecule has 0 fully saturated rings. The average Bonchev–Trinajstić information content (AvgIpc) is 2.93. The minimum atomic E-state index is -0.408. The summed E-state index contributed by atoms with van der Waals surface area (Å²) in [5.41, 5.74) is 4.53. The lowest BCUT2D eigenvalue weighted by Crippen LogP contribution is -2.40. The minimum Gasteiger partial charge on any atom is -0.374 e. The standard InChI is InChI=1S/C22H23N3O3/c1-24-12-4-5-16-13-15(8-9-19(16)24)10-11-23-20(26)14-25-21(27)17-6-2-3-7-18(17)22(25)28/h2-3,6-9,13H,4-5,10-12,14H2,1H3,(H,23,26). The topological polar surface area (TPSA) is 69.7 Å². The Balaban J connectivity index is 1.31. The fourth-order valence-corrected chi connectivity index (χ4v) is 3.92. The quantitative estimate of drug-likeness (QED) is 0.810. The molecule has 0 unspecified atom stereocenters. The van der Waals surface area contributed by atoms with E-state index in [9.17, 15) is 14.4 Å². The van der Waals surface area contributed by atoms with Gasteiger partial charge >= 0.3 is 0 Å². The zero-order valence-electron chi connectivity index (χ0n) is 15.9. The van der Waals surface area contributed by atoms with Crippen molar-refractivity contribution in [2.75, 3.05) is 31.6 Å². The average molecular weight is 377 g/mol. The number of nitrogens with zero attached hydrogens (tertiary/aromatic N) is 2. The van der Waals surface area contributed by atoms with E-state index in [4.69, 9.17) is 0 Å². The van der Waals surface area contributed by atoms with Crippen molar-refractivity contribution in [1.29, 1.82) is 0 Å². The van der Waals surface area contributed by atoms with Crippen molar-refractivity contribution >= 4 is 23.4 Å². The Hall–Kier alpha value is -3.15. The third-order valence-electron chi connectivity index (χ3n) is 5.41. The normalized spacial score (nSPS) is 15.5. The largest absolute Gasteiger partial charge is 0.374 e. The maximum absolute atomic E-state index is 12.3. The molecule has 0 saturated heterocycles. The van der Waals surface area contributed by atoms with Gasteiger partial charge in [-0.2, -0.15) is 0 Å². The van der Waals surface area contributed by atoms with Gasteiger partial charge < -0.3 is 10.2 Å². The Morgan fingerprint density at radius 1 is 1.07 bits per heavy atom. The van der Waals surface area contributed by atoms with Crippen molar-refractivity contribution in [1.82, 2.24) is 10.2 Å². The highest BCUT2D eigenvalue weighted by Gasteiger charge is 2.36. The van der Waals surface area contributed by atoms with Gasteiger partial charge in [-0.25, -0.2) is 0 Å². The molecule has 2 heterocycles. The molecule has 6 nitrogen and oxygen atoms in total. The van der Waals surface area contributed by atoms with Crippen LogP contribution in [0.15, 0.2) is 42.5 Å². The SMILES string of the molecule is CN1CCCc2cc(CCNC(=O)CN3C(=O)c4ccccc4C3=O)ccc21. The van der Waals surface area contributed by atoms with Crippen molar-refractivity contribution in [3.63, 3.8) is 0 Å². The number of rotatable bonds is 5. The van der Waals surface area contributed by atoms with Gasteiger partial charge in [0.1, 0.15) is 6.54 Å². The molecule has 28 heavy (non-hydrogen) atoms. The van der Waals surface area contributed by atoms with Gasteiger partial charge in [0.25, 0.3) is 11.8 Å². The van der Waals surface area contributed by atoms with E-state index in [2.05, 4.69) is 35.5 Å². The molecule has 3 amide bonds. The first-order valence-electron chi connectivity index (χ1n) is 9.59. The number of carbonyl (C=O) groups is 3. The molecule has 4 rings (SSSR count). The van der Waals surface area contributed by atoms with E-state index in [1.165, 1.54) is 16.8 Å². The van der Waals surface area contributed by atoms with E-state index in [0.29, 0.717) is 24.1 Å². The second-order valence-corrected chi connectivity index (χ2v) is 7.33. The molecule has 0 saturated carbocycles. The lowest BCUT2D eigenvalue weighted by Gasteiger charge is -2.27. The van der Waals surface area contributed by atoms with Crippen LogP contribution in [0.1, 0.15) is 38.3 Å². The molecule has 0 bridgehead atoms. The van der Waals surface area contributed by atoms with Crippen LogP contribution >= 0.6 is 0 Å². The summed E-state index contributed by atoms with van der Waals surface area (Å²) in [4.78, 5) is 40.2. The number of benzene rings is 2. The molecule has 144 valence electrons. The lowest BCUT2D eigenvalue weighted by molar-refractivity contribution is -0.121. The van der Waals surface area contributed by atoms with Gasteiger partial charge in [-0.1, -0.05) is 24.3 Å². The molecule has 0 spiro atoms. The zero-order valence-corrected chi connectivity index (χ0v) is 15.9. The summed E-state index contributed by atoms with van der Waals surface area (Å²) in [5.74, 6) is -1.14. The zero-order chi connectivity index (χ0) is 19.7. The lowest BCUT2D eigenvalue weighted by atomic mass is 9.98. The molecule has 2 aromatic rings. The molecular formula is C22H23N3O3. The Morgan fingerprint density at radius 2 is 1.79 bits per heavy atom. The van der Waals surface area contributed by atoms with Crippen LogP contribution in [0.2, 0.25) is 0 Å². The summed E-state index contributed by atoms with van der Waals surface area (Å²) in [6, 6.07) is 13.1. The van der Waals surface area contributed by atoms with Gasteiger partial charge in [0.05, 0.1) is 11.1 Å². The van der Waals surface area contributed by atoms with Gasteiger partial charge in [-0.3, -0.25) is 19.3 Å². The highest BCUT2D eigenvalue weighted by atomic mass is 16.2. The number of nitrogens with one attached hydrogen (secondary N) is 1. The van der Waals surface area contributed by atoms with Crippen molar-refractivity contribution in [3.05, 3.63) is 64.7 Å². The van der Waals surface area contributed by atoms with Gasteiger partial charge in [-0.15, -0.1) is 0 Å². The number of hydrogen-bond donors (Lipinski definition) is 1. The first-order chi connectivity index (χ1) is 13.5. The second kappa shape index (κ2) is 7.46. The number of aryl methyl sites for hydroxylation is 1. The summed E-state index contributed by atoms with van der Waals surface area (Å²) in [5, 5.41) is 2.82. The molecule has 2 aromatic carbocycles. The Labute approximate surface area is 164 Å². The van der Waals surface area contributed by atoms with E-state index in [0.717, 1.165) is 24.3 Å². The summed E-state index contributed by atoms with van der Waals surface area (Å²) in [6.45, 7) is 1.30. The number of fused-ring (bicyclic) bond motifs is 2. The maximum atomic E-state index is 12.3. The van der Waals surface area contributed by atoms with Crippen LogP contribution in [0.5, 0.6) is 0 Å². The third-order valence-corrected chi connectivity index (χ3v) is 5.41. The highest BCUT2D eigenvalue weighted by Crippen LogP contribution is 2.27. The van der Waals surface area contributed by atoms with E-state index in [1.807, 2.05) is 0 Å². The van der Waals surface area contributed by atoms with Crippen LogP contribution in [-0.4, -0.2) is 49.3 Å². The predicted octanol–water partition coefficient (Wildman–Crippen LogP) is 2.02. The number of hydrogen-bond acceptors (Lipinski definition) is 4. The van der Waals surface area contributed by atoms with Gasteiger partial charge in [0, 0.05) is 25.8 Å². The molecule has 1 N–H and O–H groups in total. The first-order valence-corrected chi connectivity index (χ1v) is 9.59. The summed E-state index contributed by atoms with van der Waals surface area (Å²) >= 11 is 0. The highest BCUT2D eigenvalue weighted by molar-refractivity contribution is 6.22. The Bertz CT molecular complexity index is 919. The van der Waals surface area contributed by atoms with E-state index in [1.54, 1.807) is 24.3 Å². The fourth-order valence-electron chi connectivity index (χ4n) is 3.92. The van der Waals surface area contributed by atoms with E-state index in [-0.39, 0.29) is 12.5 Å². The van der Waals surface area contributed by atoms with Gasteiger partial charge in [0.15, 0.2) is 0 Å². The third kappa shape index (κ3) is 3.38. The van der Waals surface area contributed by atoms with E-state index >= 15 is 0 Å². The molecule has 0 radical (unpaired) electrons. The molecular weight excluding hydrogens is 354 g/mol. The minimum absolute atomic E-state index is 0.249. The number of imide groups is 1. The van der Waals surface area contributed by atoms with Crippen LogP contribution in [0.4, 0.5) is 5.69 Å². The monoisotopic (exact) mass is 377 g/mol. The predicted molar refractivity (Wildman–Crippen MR) is 107 cm³/mol. The molecule has 6 heteroatoms. The van der Waals surface area contributed by atoms with Crippen LogP contribution < -0.4 is 10.2 Å². The molecule has 2 aliphatic rings. The Kier molecular flexibility index (Phi) is 4.86. The Morgan fingerprint density at radius 3 is 2.50 bits per heavy atom. The fraction of sp³-hybridized carbons (Fsp3) is 0.318. The first kappa shape index (κ1) is 18.2. The number of anilines is 1. The van der Waals surface area contributed by atoms with E-state index < -0.39 is 11.8 Å². The molecule has 2 aliphatic heterocycles. The van der Waals surface area contributed by atoms with Gasteiger partial charge in [-0.05, 0) is 48.6 Å². The van der Waals surface area contributed by atoms with Crippen LogP contribution in [0.3, 0.4) is 0 Å². The molecule has 0 atom stereocenters. The van der Waals surface area contributed by atoms with Crippen LogP contribution in [0, 0.1) is 0 Å². The summed E-state index contributed by atoms with van der Waals surface area (Å²) in [7, 11) is 2.11. The number of amides is 3. The molecule has 0 aliphatic carbocycles. The van der Waals surface area contributed by atoms with Crippen molar-refractivity contribution in [2.24, 2.45) is 0 Å². The summed E-state index contributed by atoms with van der Waals surface area (Å²) < 4.78 is 0. The smallest absolute Gasteiger partial charge is 0.262 e. The summed E-state index contributed by atoms with van der Waals surface area (Å²) in [6.07, 6.45) is 2.95. The van der Waals surface area contributed by atoms with Crippen molar-refractivity contribution < 1.29 is 14.4 Å². The second-order valence-electron chi connectivity index (χ2n) is 7.33. The van der Waals surface area contributed by atoms with Crippen LogP contribution in [-0.2, 0) is 17.6 Å². The maximum Gasteiger partial charge on any atom is 0.262 e. The van der Waals surface area contributed by atoms with Crippen molar-refractivity contribution in [2.45, 2.75) is 19.3 Å². The van der Waals surface area contributed by atoms with Crippen molar-refractivity contribution in [3.8, 4) is 0 Å². The number of carbonyl (C=O) groups excluding carboxylic acids is 3. The molecule has 0 aromatic heterocycles.